The molecule has 0 saturated carbocycles. The van der Waals surface area contributed by atoms with E-state index in [0.29, 0.717) is 0 Å². The molecule has 2 N–H and O–H groups in total. The molecule has 0 aliphatic carbocycles. The van der Waals surface area contributed by atoms with E-state index < -0.39 is 10.1 Å². The Bertz CT molecular complexity index is 646. The van der Waals surface area contributed by atoms with Gasteiger partial charge in [0, 0.05) is 0 Å². The van der Waals surface area contributed by atoms with Gasteiger partial charge in [0.05, 0.1) is 11.5 Å². The van der Waals surface area contributed by atoms with Gasteiger partial charge in [-0.1, -0.05) is 47.5 Å². The topological polar surface area (TPSA) is 74.6 Å². The Morgan fingerprint density at radius 3 is 1.95 bits per heavy atom. The summed E-state index contributed by atoms with van der Waals surface area (Å²) in [5.41, 5.74) is 3.13. The maximum Gasteiger partial charge on any atom is 0.294 e. The fourth-order valence-corrected chi connectivity index (χ4v) is 2.00. The van der Waals surface area contributed by atoms with Crippen LogP contribution in [0.15, 0.2) is 53.4 Å². The Labute approximate surface area is 119 Å². The largest absolute Gasteiger partial charge is 0.392 e. The molecule has 0 amide bonds. The molecule has 2 rings (SSSR count). The van der Waals surface area contributed by atoms with Crippen LogP contribution in [-0.2, 0) is 16.7 Å². The minimum Gasteiger partial charge on any atom is -0.392 e. The summed E-state index contributed by atoms with van der Waals surface area (Å²) in [5.74, 6) is 0. The third-order valence-electron chi connectivity index (χ3n) is 2.58. The van der Waals surface area contributed by atoms with Crippen molar-refractivity contribution in [1.29, 1.82) is 0 Å². The van der Waals surface area contributed by atoms with Crippen molar-refractivity contribution in [2.45, 2.75) is 25.3 Å². The molecule has 2 aromatic rings. The summed E-state index contributed by atoms with van der Waals surface area (Å²) in [7, 11) is -4.02. The lowest BCUT2D eigenvalue weighted by molar-refractivity contribution is 0.282. The molecule has 0 bridgehead atoms. The Morgan fingerprint density at radius 1 is 0.950 bits per heavy atom. The third-order valence-corrected chi connectivity index (χ3v) is 3.45. The molecule has 0 aromatic heterocycles. The van der Waals surface area contributed by atoms with Gasteiger partial charge in [-0.2, -0.15) is 8.42 Å². The summed E-state index contributed by atoms with van der Waals surface area (Å²) in [6.45, 7) is 3.99. The number of hydrogen-bond donors (Lipinski definition) is 2. The maximum atomic E-state index is 10.5. The fourth-order valence-electron chi connectivity index (χ4n) is 1.52. The molecule has 0 heterocycles. The molecule has 0 aliphatic rings. The van der Waals surface area contributed by atoms with Gasteiger partial charge in [-0.3, -0.25) is 4.55 Å². The van der Waals surface area contributed by atoms with E-state index in [1.165, 1.54) is 17.7 Å². The summed E-state index contributed by atoms with van der Waals surface area (Å²) in [6, 6.07) is 13.8. The highest BCUT2D eigenvalue weighted by Crippen LogP contribution is 2.08. The van der Waals surface area contributed by atoms with E-state index in [9.17, 15) is 8.42 Å². The van der Waals surface area contributed by atoms with Gasteiger partial charge in [-0.05, 0) is 31.5 Å². The summed E-state index contributed by atoms with van der Waals surface area (Å²) in [4.78, 5) is -0.0666. The SMILES string of the molecule is Cc1ccc(S(=O)(=O)O)cc1.Cc1cccc(CO)c1. The van der Waals surface area contributed by atoms with Gasteiger partial charge in [-0.25, -0.2) is 0 Å². The van der Waals surface area contributed by atoms with Gasteiger partial charge < -0.3 is 5.11 Å². The van der Waals surface area contributed by atoms with E-state index in [2.05, 4.69) is 0 Å². The zero-order chi connectivity index (χ0) is 15.2. The van der Waals surface area contributed by atoms with Crippen LogP contribution >= 0.6 is 0 Å². The first-order valence-corrected chi connectivity index (χ1v) is 7.47. The molecule has 108 valence electrons. The second-order valence-electron chi connectivity index (χ2n) is 4.44. The lowest BCUT2D eigenvalue weighted by atomic mass is 10.1. The van der Waals surface area contributed by atoms with Crippen molar-refractivity contribution in [2.24, 2.45) is 0 Å². The van der Waals surface area contributed by atoms with Crippen LogP contribution in [0.4, 0.5) is 0 Å². The highest BCUT2D eigenvalue weighted by Gasteiger charge is 2.06. The molecule has 0 fully saturated rings. The summed E-state index contributed by atoms with van der Waals surface area (Å²) in [6.07, 6.45) is 0. The predicted octanol–water partition coefficient (Wildman–Crippen LogP) is 2.73. The second kappa shape index (κ2) is 7.19. The van der Waals surface area contributed by atoms with Crippen molar-refractivity contribution in [3.05, 3.63) is 65.2 Å². The Balaban J connectivity index is 0.000000204. The smallest absolute Gasteiger partial charge is 0.294 e. The predicted molar refractivity (Wildman–Crippen MR) is 78.1 cm³/mol. The number of hydrogen-bond acceptors (Lipinski definition) is 3. The Hall–Kier alpha value is -1.69. The Kier molecular flexibility index (Phi) is 5.88. The Morgan fingerprint density at radius 2 is 1.55 bits per heavy atom. The van der Waals surface area contributed by atoms with Crippen LogP contribution in [-0.4, -0.2) is 18.1 Å². The lowest BCUT2D eigenvalue weighted by Gasteiger charge is -1.95. The van der Waals surface area contributed by atoms with Crippen molar-refractivity contribution in [2.75, 3.05) is 0 Å². The van der Waals surface area contributed by atoms with Gasteiger partial charge in [0.2, 0.25) is 0 Å². The maximum absolute atomic E-state index is 10.5. The van der Waals surface area contributed by atoms with Gasteiger partial charge in [0.1, 0.15) is 0 Å². The highest BCUT2D eigenvalue weighted by molar-refractivity contribution is 7.85. The number of aryl methyl sites for hydroxylation is 2. The van der Waals surface area contributed by atoms with Gasteiger partial charge in [-0.15, -0.1) is 0 Å². The van der Waals surface area contributed by atoms with Crippen LogP contribution in [0, 0.1) is 13.8 Å². The van der Waals surface area contributed by atoms with Gasteiger partial charge in [0.15, 0.2) is 0 Å². The molecule has 5 heteroatoms. The monoisotopic (exact) mass is 294 g/mol. The summed E-state index contributed by atoms with van der Waals surface area (Å²) < 4.78 is 29.6. The molecular weight excluding hydrogens is 276 g/mol. The molecule has 0 aliphatic heterocycles. The molecule has 20 heavy (non-hydrogen) atoms. The van der Waals surface area contributed by atoms with Crippen LogP contribution in [0.1, 0.15) is 16.7 Å². The van der Waals surface area contributed by atoms with E-state index in [1.807, 2.05) is 38.1 Å². The molecule has 0 spiro atoms. The van der Waals surface area contributed by atoms with E-state index >= 15 is 0 Å². The zero-order valence-electron chi connectivity index (χ0n) is 11.4. The minimum atomic E-state index is -4.02. The van der Waals surface area contributed by atoms with Crippen molar-refractivity contribution in [3.63, 3.8) is 0 Å². The molecule has 0 saturated heterocycles. The van der Waals surface area contributed by atoms with Crippen LogP contribution in [0.3, 0.4) is 0 Å². The standard InChI is InChI=1S/C8H10O.C7H8O3S/c1-7-3-2-4-8(5-7)6-9;1-6-2-4-7(5-3-6)11(8,9)10/h2-5,9H,6H2,1H3;2-5H,1H3,(H,8,9,10). The van der Waals surface area contributed by atoms with Crippen LogP contribution in [0.2, 0.25) is 0 Å². The first-order chi connectivity index (χ1) is 9.32. The molecular formula is C15H18O4S. The second-order valence-corrected chi connectivity index (χ2v) is 5.86. The van der Waals surface area contributed by atoms with Crippen molar-refractivity contribution in [1.82, 2.24) is 0 Å². The van der Waals surface area contributed by atoms with Crippen LogP contribution < -0.4 is 0 Å². The molecule has 0 radical (unpaired) electrons. The number of benzene rings is 2. The molecule has 4 nitrogen and oxygen atoms in total. The van der Waals surface area contributed by atoms with E-state index in [-0.39, 0.29) is 11.5 Å². The first kappa shape index (κ1) is 16.4. The summed E-state index contributed by atoms with van der Waals surface area (Å²) in [5, 5.41) is 8.66. The van der Waals surface area contributed by atoms with E-state index in [4.69, 9.17) is 9.66 Å². The third kappa shape index (κ3) is 5.52. The molecule has 2 aromatic carbocycles. The minimum absolute atomic E-state index is 0.0666. The van der Waals surface area contributed by atoms with E-state index in [0.717, 1.165) is 11.1 Å². The van der Waals surface area contributed by atoms with Crippen molar-refractivity contribution >= 4 is 10.1 Å². The number of aliphatic hydroxyl groups is 1. The highest BCUT2D eigenvalue weighted by atomic mass is 32.2. The van der Waals surface area contributed by atoms with E-state index in [1.54, 1.807) is 12.1 Å². The van der Waals surface area contributed by atoms with Gasteiger partial charge >= 0.3 is 0 Å². The van der Waals surface area contributed by atoms with Crippen molar-refractivity contribution in [3.8, 4) is 0 Å². The molecule has 0 atom stereocenters. The normalized spacial score (nSPS) is 10.6. The zero-order valence-corrected chi connectivity index (χ0v) is 12.3. The quantitative estimate of drug-likeness (QED) is 0.835. The summed E-state index contributed by atoms with van der Waals surface area (Å²) >= 11 is 0. The number of aliphatic hydroxyl groups excluding tert-OH is 1. The fraction of sp³-hybridized carbons (Fsp3) is 0.200. The van der Waals surface area contributed by atoms with Crippen LogP contribution in [0.5, 0.6) is 0 Å². The average molecular weight is 294 g/mol. The number of rotatable bonds is 2. The lowest BCUT2D eigenvalue weighted by Crippen LogP contribution is -1.96. The molecule has 0 unspecified atom stereocenters. The average Bonchev–Trinajstić information content (AvgIpc) is 2.39. The first-order valence-electron chi connectivity index (χ1n) is 6.03. The van der Waals surface area contributed by atoms with Crippen molar-refractivity contribution < 1.29 is 18.1 Å². The van der Waals surface area contributed by atoms with Crippen LogP contribution in [0.25, 0.3) is 0 Å². The van der Waals surface area contributed by atoms with Gasteiger partial charge in [0.25, 0.3) is 10.1 Å².